The van der Waals surface area contributed by atoms with Crippen LogP contribution in [0.1, 0.15) is 38.5 Å². The number of likely N-dealkylation sites (tertiary alicyclic amines) is 2. The second kappa shape index (κ2) is 6.68. The fraction of sp³-hybridized carbons (Fsp3) is 0.737. The van der Waals surface area contributed by atoms with Gasteiger partial charge in [0.1, 0.15) is 0 Å². The van der Waals surface area contributed by atoms with Gasteiger partial charge in [-0.05, 0) is 38.2 Å². The Hall–Kier alpha value is -1.89. The van der Waals surface area contributed by atoms with E-state index in [1.165, 1.54) is 0 Å². The van der Waals surface area contributed by atoms with Crippen LogP contribution in [0.25, 0.3) is 0 Å². The molecule has 142 valence electrons. The van der Waals surface area contributed by atoms with Crippen molar-refractivity contribution in [3.8, 4) is 0 Å². The van der Waals surface area contributed by atoms with E-state index < -0.39 is 0 Å². The predicted molar refractivity (Wildman–Crippen MR) is 95.0 cm³/mol. The van der Waals surface area contributed by atoms with Gasteiger partial charge in [-0.25, -0.2) is 0 Å². The molecule has 0 bridgehead atoms. The van der Waals surface area contributed by atoms with Gasteiger partial charge in [0.25, 0.3) is 0 Å². The molecule has 7 heteroatoms. The van der Waals surface area contributed by atoms with Crippen molar-refractivity contribution in [3.63, 3.8) is 0 Å². The summed E-state index contributed by atoms with van der Waals surface area (Å²) in [5.41, 5.74) is -0.279. The predicted octanol–water partition coefficient (Wildman–Crippen LogP) is 0.887. The minimum Gasteiger partial charge on any atom is -0.395 e. The summed E-state index contributed by atoms with van der Waals surface area (Å²) in [5.74, 6) is 0.392. The van der Waals surface area contributed by atoms with Crippen LogP contribution in [0.4, 0.5) is 0 Å². The summed E-state index contributed by atoms with van der Waals surface area (Å²) in [4.78, 5) is 29.2. The van der Waals surface area contributed by atoms with E-state index in [-0.39, 0.29) is 29.3 Å². The standard InChI is InChI=1S/C19H28N4O3/c24-12-11-21-13-18(5-3-16(21)25)4-1-9-22(14-18)17(26)19(6-7-19)15-23-10-2-8-20-23/h2,8,10,24H,1,3-7,9,11-15H2/t18-/m1/s1. The monoisotopic (exact) mass is 360 g/mol. The summed E-state index contributed by atoms with van der Waals surface area (Å²) < 4.78 is 1.87. The normalized spacial score (nSPS) is 27.8. The average molecular weight is 360 g/mol. The first-order valence-corrected chi connectivity index (χ1v) is 9.71. The molecule has 1 spiro atoms. The molecule has 3 heterocycles. The van der Waals surface area contributed by atoms with Crippen molar-refractivity contribution in [2.45, 2.75) is 45.1 Å². The van der Waals surface area contributed by atoms with Gasteiger partial charge in [-0.15, -0.1) is 0 Å². The Morgan fingerprint density at radius 2 is 2.08 bits per heavy atom. The first-order chi connectivity index (χ1) is 12.6. The molecule has 1 aromatic rings. The van der Waals surface area contributed by atoms with E-state index in [0.717, 1.165) is 45.2 Å². The number of aliphatic hydroxyl groups excluding tert-OH is 1. The minimum absolute atomic E-state index is 0.00122. The lowest BCUT2D eigenvalue weighted by atomic mass is 9.73. The highest BCUT2D eigenvalue weighted by molar-refractivity contribution is 5.85. The van der Waals surface area contributed by atoms with Gasteiger partial charge in [-0.1, -0.05) is 0 Å². The summed E-state index contributed by atoms with van der Waals surface area (Å²) in [6, 6.07) is 1.89. The second-order valence-corrected chi connectivity index (χ2v) is 8.35. The zero-order valence-corrected chi connectivity index (χ0v) is 15.3. The lowest BCUT2D eigenvalue weighted by Gasteiger charge is -2.48. The molecule has 7 nitrogen and oxygen atoms in total. The van der Waals surface area contributed by atoms with Gasteiger partial charge >= 0.3 is 0 Å². The average Bonchev–Trinajstić information content (AvgIpc) is 3.24. The van der Waals surface area contributed by atoms with Crippen LogP contribution < -0.4 is 0 Å². The van der Waals surface area contributed by atoms with Crippen LogP contribution >= 0.6 is 0 Å². The molecule has 26 heavy (non-hydrogen) atoms. The topological polar surface area (TPSA) is 78.7 Å². The van der Waals surface area contributed by atoms with Crippen LogP contribution in [0, 0.1) is 10.8 Å². The van der Waals surface area contributed by atoms with E-state index in [4.69, 9.17) is 0 Å². The zero-order valence-electron chi connectivity index (χ0n) is 15.3. The van der Waals surface area contributed by atoms with Gasteiger partial charge in [0.15, 0.2) is 0 Å². The highest BCUT2D eigenvalue weighted by Gasteiger charge is 2.54. The van der Waals surface area contributed by atoms with Gasteiger partial charge in [-0.2, -0.15) is 5.10 Å². The zero-order chi connectivity index (χ0) is 18.2. The molecule has 1 aromatic heterocycles. The third kappa shape index (κ3) is 3.24. The number of carbonyl (C=O) groups excluding carboxylic acids is 2. The van der Waals surface area contributed by atoms with Crippen molar-refractivity contribution >= 4 is 11.8 Å². The van der Waals surface area contributed by atoms with E-state index in [0.29, 0.717) is 26.1 Å². The Morgan fingerprint density at radius 1 is 1.23 bits per heavy atom. The number of amides is 2. The van der Waals surface area contributed by atoms with Gasteiger partial charge in [0.05, 0.1) is 18.6 Å². The first kappa shape index (κ1) is 17.5. The number of carbonyl (C=O) groups is 2. The SMILES string of the molecule is O=C1CC[C@]2(CCCN(C(=O)C3(Cn4cccn4)CC3)C2)CN1CCO. The van der Waals surface area contributed by atoms with Crippen molar-refractivity contribution in [1.29, 1.82) is 0 Å². The highest BCUT2D eigenvalue weighted by atomic mass is 16.3. The summed E-state index contributed by atoms with van der Waals surface area (Å²) in [6.07, 6.45) is 8.97. The van der Waals surface area contributed by atoms with E-state index >= 15 is 0 Å². The molecule has 1 atom stereocenters. The molecule has 2 amide bonds. The molecule has 2 aliphatic heterocycles. The number of hydrogen-bond donors (Lipinski definition) is 1. The molecule has 0 aromatic carbocycles. The number of β-amino-alcohol motifs (C(OH)–C–C–N with tert-alkyl or cyclic N) is 1. The number of aliphatic hydroxyl groups is 1. The maximum absolute atomic E-state index is 13.3. The summed E-state index contributed by atoms with van der Waals surface area (Å²) in [6.45, 7) is 3.28. The Balaban J connectivity index is 1.45. The van der Waals surface area contributed by atoms with Crippen LogP contribution in [0.3, 0.4) is 0 Å². The number of nitrogens with zero attached hydrogens (tertiary/aromatic N) is 4. The third-order valence-electron chi connectivity index (χ3n) is 6.40. The number of piperidine rings is 2. The smallest absolute Gasteiger partial charge is 0.230 e. The van der Waals surface area contributed by atoms with Crippen LogP contribution in [-0.2, 0) is 16.1 Å². The van der Waals surface area contributed by atoms with Crippen LogP contribution in [0.5, 0.6) is 0 Å². The van der Waals surface area contributed by atoms with Gasteiger partial charge in [-0.3, -0.25) is 14.3 Å². The van der Waals surface area contributed by atoms with E-state index in [1.807, 2.05) is 21.8 Å². The summed E-state index contributed by atoms with van der Waals surface area (Å²) in [5, 5.41) is 13.5. The maximum atomic E-state index is 13.3. The van der Waals surface area contributed by atoms with Crippen molar-refractivity contribution < 1.29 is 14.7 Å². The first-order valence-electron chi connectivity index (χ1n) is 9.71. The lowest BCUT2D eigenvalue weighted by molar-refractivity contribution is -0.146. The number of aromatic nitrogens is 2. The Morgan fingerprint density at radius 3 is 2.77 bits per heavy atom. The van der Waals surface area contributed by atoms with Crippen LogP contribution in [0.2, 0.25) is 0 Å². The van der Waals surface area contributed by atoms with E-state index in [9.17, 15) is 14.7 Å². The quantitative estimate of drug-likeness (QED) is 0.846. The molecular weight excluding hydrogens is 332 g/mol. The molecule has 0 unspecified atom stereocenters. The molecular formula is C19H28N4O3. The minimum atomic E-state index is -0.278. The molecule has 3 fully saturated rings. The summed E-state index contributed by atoms with van der Waals surface area (Å²) in [7, 11) is 0. The number of hydrogen-bond acceptors (Lipinski definition) is 4. The fourth-order valence-electron chi connectivity index (χ4n) is 4.77. The van der Waals surface area contributed by atoms with Gasteiger partial charge in [0, 0.05) is 50.4 Å². The van der Waals surface area contributed by atoms with Crippen molar-refractivity contribution in [1.82, 2.24) is 19.6 Å². The second-order valence-electron chi connectivity index (χ2n) is 8.35. The maximum Gasteiger partial charge on any atom is 0.230 e. The lowest BCUT2D eigenvalue weighted by Crippen LogP contribution is -2.56. The van der Waals surface area contributed by atoms with Gasteiger partial charge in [0.2, 0.25) is 11.8 Å². The van der Waals surface area contributed by atoms with Crippen molar-refractivity contribution in [2.24, 2.45) is 10.8 Å². The summed E-state index contributed by atoms with van der Waals surface area (Å²) >= 11 is 0. The van der Waals surface area contributed by atoms with Crippen LogP contribution in [0.15, 0.2) is 18.5 Å². The molecule has 4 rings (SSSR count). The van der Waals surface area contributed by atoms with E-state index in [1.54, 1.807) is 11.1 Å². The largest absolute Gasteiger partial charge is 0.395 e. The third-order valence-corrected chi connectivity index (χ3v) is 6.40. The molecule has 3 aliphatic rings. The Kier molecular flexibility index (Phi) is 4.50. The molecule has 1 saturated carbocycles. The van der Waals surface area contributed by atoms with Crippen LogP contribution in [-0.4, -0.2) is 69.3 Å². The molecule has 2 saturated heterocycles. The molecule has 0 radical (unpaired) electrons. The van der Waals surface area contributed by atoms with E-state index in [2.05, 4.69) is 5.10 Å². The Labute approximate surface area is 153 Å². The fourth-order valence-corrected chi connectivity index (χ4v) is 4.77. The highest BCUT2D eigenvalue weighted by Crippen LogP contribution is 2.50. The van der Waals surface area contributed by atoms with Crippen molar-refractivity contribution in [3.05, 3.63) is 18.5 Å². The Bertz CT molecular complexity index is 670. The number of rotatable bonds is 5. The molecule has 1 N–H and O–H groups in total. The van der Waals surface area contributed by atoms with Crippen molar-refractivity contribution in [2.75, 3.05) is 32.8 Å². The molecule has 1 aliphatic carbocycles. The van der Waals surface area contributed by atoms with Gasteiger partial charge < -0.3 is 14.9 Å².